The number of carbonyl (C=O) groups excluding carboxylic acids is 2. The molecule has 32 heavy (non-hydrogen) atoms. The van der Waals surface area contributed by atoms with E-state index in [1.165, 1.54) is 11.8 Å². The molecular formula is C23H26ClN5O2S. The van der Waals surface area contributed by atoms with Crippen LogP contribution in [0.2, 0.25) is 5.02 Å². The van der Waals surface area contributed by atoms with Crippen molar-refractivity contribution < 1.29 is 9.59 Å². The van der Waals surface area contributed by atoms with Gasteiger partial charge in [0.2, 0.25) is 5.91 Å². The zero-order chi connectivity index (χ0) is 23.1. The van der Waals surface area contributed by atoms with Crippen LogP contribution in [0.4, 0.5) is 5.69 Å². The lowest BCUT2D eigenvalue weighted by Gasteiger charge is -2.15. The number of nitrogens with one attached hydrogen (secondary N) is 2. The summed E-state index contributed by atoms with van der Waals surface area (Å²) >= 11 is 7.21. The van der Waals surface area contributed by atoms with Crippen molar-refractivity contribution in [3.63, 3.8) is 0 Å². The predicted octanol–water partition coefficient (Wildman–Crippen LogP) is 4.74. The summed E-state index contributed by atoms with van der Waals surface area (Å²) < 4.78 is 1.91. The lowest BCUT2D eigenvalue weighted by Crippen LogP contribution is -2.28. The van der Waals surface area contributed by atoms with Gasteiger partial charge in [0.1, 0.15) is 0 Å². The maximum Gasteiger partial charge on any atom is 0.251 e. The summed E-state index contributed by atoms with van der Waals surface area (Å²) in [5.41, 5.74) is 2.44. The highest BCUT2D eigenvalue weighted by atomic mass is 35.5. The van der Waals surface area contributed by atoms with E-state index >= 15 is 0 Å². The molecule has 9 heteroatoms. The lowest BCUT2D eigenvalue weighted by atomic mass is 10.1. The van der Waals surface area contributed by atoms with Crippen molar-refractivity contribution in [2.24, 2.45) is 0 Å². The van der Waals surface area contributed by atoms with Crippen LogP contribution in [0, 0.1) is 0 Å². The zero-order valence-corrected chi connectivity index (χ0v) is 19.8. The summed E-state index contributed by atoms with van der Waals surface area (Å²) in [7, 11) is 0. The van der Waals surface area contributed by atoms with Crippen molar-refractivity contribution in [3.8, 4) is 0 Å². The van der Waals surface area contributed by atoms with E-state index in [2.05, 4.69) is 27.8 Å². The van der Waals surface area contributed by atoms with Gasteiger partial charge in [-0.3, -0.25) is 9.59 Å². The van der Waals surface area contributed by atoms with Crippen molar-refractivity contribution in [1.82, 2.24) is 20.1 Å². The number of benzene rings is 2. The maximum atomic E-state index is 12.5. The van der Waals surface area contributed by atoms with E-state index in [1.54, 1.807) is 24.3 Å². The quantitative estimate of drug-likeness (QED) is 0.440. The van der Waals surface area contributed by atoms with E-state index < -0.39 is 0 Å². The highest BCUT2D eigenvalue weighted by molar-refractivity contribution is 7.99. The number of carbonyl (C=O) groups is 2. The Balaban J connectivity index is 1.63. The third-order valence-electron chi connectivity index (χ3n) is 4.91. The molecule has 2 N–H and O–H groups in total. The third-order valence-corrected chi connectivity index (χ3v) is 6.13. The summed E-state index contributed by atoms with van der Waals surface area (Å²) in [6.07, 6.45) is 0.844. The second kappa shape index (κ2) is 11.2. The summed E-state index contributed by atoms with van der Waals surface area (Å²) in [5, 5.41) is 15.6. The Bertz CT molecular complexity index is 1080. The van der Waals surface area contributed by atoms with Gasteiger partial charge in [-0.25, -0.2) is 0 Å². The second-order valence-corrected chi connectivity index (χ2v) is 8.51. The Labute approximate surface area is 197 Å². The third kappa shape index (κ3) is 5.89. The first-order valence-corrected chi connectivity index (χ1v) is 11.8. The first kappa shape index (κ1) is 23.8. The molecule has 2 amide bonds. The molecule has 168 valence electrons. The number of amides is 2. The fourth-order valence-corrected chi connectivity index (χ4v) is 4.17. The molecule has 0 bridgehead atoms. The average molecular weight is 472 g/mol. The van der Waals surface area contributed by atoms with Gasteiger partial charge in [0.05, 0.1) is 11.8 Å². The molecule has 0 radical (unpaired) electrons. The number of aryl methyl sites for hydroxylation is 1. The molecule has 0 unspecified atom stereocenters. The molecule has 0 aliphatic carbocycles. The van der Waals surface area contributed by atoms with Crippen molar-refractivity contribution >= 4 is 40.9 Å². The van der Waals surface area contributed by atoms with Crippen LogP contribution in [-0.4, -0.2) is 32.3 Å². The van der Waals surface area contributed by atoms with Gasteiger partial charge in [0.15, 0.2) is 11.0 Å². The molecule has 7 nitrogen and oxygen atoms in total. The van der Waals surface area contributed by atoms with Gasteiger partial charge in [-0.2, -0.15) is 0 Å². The SMILES string of the molecule is CCc1ccccc1NC(=O)CSc1nnc([C@H](C)NC(=O)c2ccc(Cl)cc2)n1CC. The monoisotopic (exact) mass is 471 g/mol. The van der Waals surface area contributed by atoms with E-state index in [0.29, 0.717) is 28.1 Å². The van der Waals surface area contributed by atoms with Gasteiger partial charge in [0.25, 0.3) is 5.91 Å². The van der Waals surface area contributed by atoms with Crippen LogP contribution in [0.3, 0.4) is 0 Å². The number of aromatic nitrogens is 3. The molecule has 0 spiro atoms. The molecule has 1 heterocycles. The number of nitrogens with zero attached hydrogens (tertiary/aromatic N) is 3. The summed E-state index contributed by atoms with van der Waals surface area (Å²) in [6.45, 7) is 6.50. The van der Waals surface area contributed by atoms with E-state index in [4.69, 9.17) is 11.6 Å². The molecule has 0 aliphatic rings. The normalized spacial score (nSPS) is 11.8. The van der Waals surface area contributed by atoms with Crippen LogP contribution >= 0.6 is 23.4 Å². The largest absolute Gasteiger partial charge is 0.342 e. The molecule has 3 aromatic rings. The number of thioether (sulfide) groups is 1. The van der Waals surface area contributed by atoms with Crippen molar-refractivity contribution in [2.75, 3.05) is 11.1 Å². The van der Waals surface area contributed by atoms with Gasteiger partial charge < -0.3 is 15.2 Å². The fourth-order valence-electron chi connectivity index (χ4n) is 3.24. The van der Waals surface area contributed by atoms with Crippen LogP contribution in [0.5, 0.6) is 0 Å². The van der Waals surface area contributed by atoms with Crippen molar-refractivity contribution in [1.29, 1.82) is 0 Å². The van der Waals surface area contributed by atoms with Crippen molar-refractivity contribution in [2.45, 2.75) is 44.9 Å². The maximum absolute atomic E-state index is 12.5. The summed E-state index contributed by atoms with van der Waals surface area (Å²) in [6, 6.07) is 14.1. The van der Waals surface area contributed by atoms with Crippen LogP contribution in [-0.2, 0) is 17.8 Å². The predicted molar refractivity (Wildman–Crippen MR) is 128 cm³/mol. The topological polar surface area (TPSA) is 88.9 Å². The smallest absolute Gasteiger partial charge is 0.251 e. The van der Waals surface area contributed by atoms with Crippen LogP contribution < -0.4 is 10.6 Å². The number of rotatable bonds is 9. The Kier molecular flexibility index (Phi) is 8.30. The van der Waals surface area contributed by atoms with E-state index in [-0.39, 0.29) is 23.6 Å². The summed E-state index contributed by atoms with van der Waals surface area (Å²) in [5.74, 6) is 0.519. The molecule has 2 aromatic carbocycles. The minimum absolute atomic E-state index is 0.104. The molecule has 0 aliphatic heterocycles. The minimum atomic E-state index is -0.356. The fraction of sp³-hybridized carbons (Fsp3) is 0.304. The van der Waals surface area contributed by atoms with Crippen molar-refractivity contribution in [3.05, 3.63) is 70.5 Å². The van der Waals surface area contributed by atoms with E-state index in [9.17, 15) is 9.59 Å². The molecule has 1 atom stereocenters. The van der Waals surface area contributed by atoms with Crippen LogP contribution in [0.1, 0.15) is 48.6 Å². The Hall–Kier alpha value is -2.84. The Morgan fingerprint density at radius 3 is 2.50 bits per heavy atom. The molecule has 0 fully saturated rings. The number of hydrogen-bond acceptors (Lipinski definition) is 5. The van der Waals surface area contributed by atoms with Gasteiger partial charge in [-0.1, -0.05) is 48.5 Å². The molecule has 1 aromatic heterocycles. The van der Waals surface area contributed by atoms with E-state index in [1.807, 2.05) is 42.7 Å². The van der Waals surface area contributed by atoms with Crippen LogP contribution in [0.15, 0.2) is 53.7 Å². The highest BCUT2D eigenvalue weighted by Crippen LogP contribution is 2.22. The van der Waals surface area contributed by atoms with E-state index in [0.717, 1.165) is 17.7 Å². The first-order valence-electron chi connectivity index (χ1n) is 10.4. The summed E-state index contributed by atoms with van der Waals surface area (Å²) in [4.78, 5) is 25.0. The standard InChI is InChI=1S/C23H26ClN5O2S/c1-4-16-8-6-7-9-19(16)26-20(30)14-32-23-28-27-21(29(23)5-2)15(3)25-22(31)17-10-12-18(24)13-11-17/h6-13,15H,4-5,14H2,1-3H3,(H,25,31)(H,26,30)/t15-/m0/s1. The van der Waals surface area contributed by atoms with Gasteiger partial charge in [-0.15, -0.1) is 10.2 Å². The number of para-hydroxylation sites is 1. The second-order valence-electron chi connectivity index (χ2n) is 7.13. The zero-order valence-electron chi connectivity index (χ0n) is 18.3. The Morgan fingerprint density at radius 2 is 1.81 bits per heavy atom. The van der Waals surface area contributed by atoms with Gasteiger partial charge in [0, 0.05) is 22.8 Å². The average Bonchev–Trinajstić information content (AvgIpc) is 3.21. The van der Waals surface area contributed by atoms with Gasteiger partial charge >= 0.3 is 0 Å². The van der Waals surface area contributed by atoms with Crippen LogP contribution in [0.25, 0.3) is 0 Å². The van der Waals surface area contributed by atoms with Gasteiger partial charge in [-0.05, 0) is 56.2 Å². The number of anilines is 1. The first-order chi connectivity index (χ1) is 15.4. The number of halogens is 1. The molecular weight excluding hydrogens is 446 g/mol. The highest BCUT2D eigenvalue weighted by Gasteiger charge is 2.20. The molecule has 0 saturated heterocycles. The number of hydrogen-bond donors (Lipinski definition) is 2. The Morgan fingerprint density at radius 1 is 1.09 bits per heavy atom. The molecule has 3 rings (SSSR count). The lowest BCUT2D eigenvalue weighted by molar-refractivity contribution is -0.113. The molecule has 0 saturated carbocycles. The minimum Gasteiger partial charge on any atom is -0.342 e.